The number of benzene rings is 1. The predicted molar refractivity (Wildman–Crippen MR) is 72.3 cm³/mol. The Morgan fingerprint density at radius 2 is 1.88 bits per heavy atom. The molecule has 1 aromatic heterocycles. The lowest BCUT2D eigenvalue weighted by molar-refractivity contribution is 0.277. The molecule has 0 aliphatic carbocycles. The fraction of sp³-hybridized carbons (Fsp3) is 0.182. The van der Waals surface area contributed by atoms with Gasteiger partial charge in [-0.1, -0.05) is 34.8 Å². The maximum Gasteiger partial charge on any atom is 0.0974 e. The Morgan fingerprint density at radius 3 is 2.53 bits per heavy atom. The van der Waals surface area contributed by atoms with E-state index in [1.54, 1.807) is 12.1 Å². The second-order valence-electron chi connectivity index (χ2n) is 3.39. The van der Waals surface area contributed by atoms with Crippen molar-refractivity contribution in [3.8, 4) is 0 Å². The van der Waals surface area contributed by atoms with Crippen molar-refractivity contribution in [3.63, 3.8) is 0 Å². The summed E-state index contributed by atoms with van der Waals surface area (Å²) >= 11 is 19.6. The van der Waals surface area contributed by atoms with Crippen LogP contribution in [0.15, 0.2) is 17.5 Å². The Hall–Kier alpha value is -0.320. The Labute approximate surface area is 118 Å². The van der Waals surface area contributed by atoms with Crippen molar-refractivity contribution in [3.05, 3.63) is 48.8 Å². The summed E-state index contributed by atoms with van der Waals surface area (Å²) in [6.07, 6.45) is 0.517. The summed E-state index contributed by atoms with van der Waals surface area (Å²) in [6.45, 7) is -0.0620. The van der Waals surface area contributed by atoms with Gasteiger partial charge in [-0.05, 0) is 17.7 Å². The van der Waals surface area contributed by atoms with Crippen molar-refractivity contribution in [1.82, 2.24) is 4.98 Å². The normalized spacial score (nSPS) is 10.8. The Bertz CT molecular complexity index is 542. The Morgan fingerprint density at radius 1 is 1.18 bits per heavy atom. The minimum absolute atomic E-state index is 0.0620. The largest absolute Gasteiger partial charge is 0.390 e. The summed E-state index contributed by atoms with van der Waals surface area (Å²) in [5, 5.41) is 13.1. The molecule has 1 heterocycles. The van der Waals surface area contributed by atoms with Gasteiger partial charge < -0.3 is 5.11 Å². The first-order chi connectivity index (χ1) is 8.11. The molecule has 0 bridgehead atoms. The predicted octanol–water partition coefficient (Wildman–Crippen LogP) is 4.19. The van der Waals surface area contributed by atoms with Crippen LogP contribution in [-0.2, 0) is 13.0 Å². The maximum atomic E-state index is 8.94. The zero-order chi connectivity index (χ0) is 12.4. The molecule has 0 aliphatic heterocycles. The Kier molecular flexibility index (Phi) is 4.28. The van der Waals surface area contributed by atoms with Gasteiger partial charge in [0.2, 0.25) is 0 Å². The van der Waals surface area contributed by atoms with E-state index in [1.165, 1.54) is 11.3 Å². The van der Waals surface area contributed by atoms with Gasteiger partial charge in [0, 0.05) is 16.8 Å². The molecule has 0 fully saturated rings. The number of rotatable bonds is 3. The smallest absolute Gasteiger partial charge is 0.0974 e. The van der Waals surface area contributed by atoms with Gasteiger partial charge in [0.1, 0.15) is 0 Å². The van der Waals surface area contributed by atoms with Gasteiger partial charge >= 0.3 is 0 Å². The monoisotopic (exact) mass is 307 g/mol. The molecule has 0 unspecified atom stereocenters. The number of aliphatic hydroxyl groups is 1. The van der Waals surface area contributed by atoms with Crippen LogP contribution in [0.3, 0.4) is 0 Å². The molecule has 6 heteroatoms. The average molecular weight is 309 g/mol. The first-order valence-corrected chi connectivity index (χ1v) is 6.79. The van der Waals surface area contributed by atoms with Gasteiger partial charge in [0.05, 0.1) is 27.4 Å². The van der Waals surface area contributed by atoms with Crippen LogP contribution in [0.4, 0.5) is 0 Å². The minimum atomic E-state index is -0.0620. The molecule has 2 aromatic rings. The Balaban J connectivity index is 2.32. The molecule has 2 nitrogen and oxygen atoms in total. The second kappa shape index (κ2) is 5.55. The molecule has 0 atom stereocenters. The number of aromatic nitrogens is 1. The van der Waals surface area contributed by atoms with E-state index in [0.29, 0.717) is 27.2 Å². The highest BCUT2D eigenvalue weighted by Gasteiger charge is 2.12. The summed E-state index contributed by atoms with van der Waals surface area (Å²) in [7, 11) is 0. The number of aliphatic hydroxyl groups excluding tert-OH is 1. The topological polar surface area (TPSA) is 33.1 Å². The quantitative estimate of drug-likeness (QED) is 0.863. The molecular weight excluding hydrogens is 301 g/mol. The van der Waals surface area contributed by atoms with Gasteiger partial charge in [-0.25, -0.2) is 4.98 Å². The molecule has 0 spiro atoms. The highest BCUT2D eigenvalue weighted by atomic mass is 35.5. The second-order valence-corrected chi connectivity index (χ2v) is 5.52. The summed E-state index contributed by atoms with van der Waals surface area (Å²) in [5.41, 5.74) is 1.42. The van der Waals surface area contributed by atoms with Crippen LogP contribution < -0.4 is 0 Å². The lowest BCUT2D eigenvalue weighted by Crippen LogP contribution is -1.92. The van der Waals surface area contributed by atoms with Crippen molar-refractivity contribution < 1.29 is 5.11 Å². The van der Waals surface area contributed by atoms with E-state index >= 15 is 0 Å². The zero-order valence-corrected chi connectivity index (χ0v) is 11.7. The molecule has 0 amide bonds. The number of hydrogen-bond acceptors (Lipinski definition) is 3. The molecule has 0 aliphatic rings. The summed E-state index contributed by atoms with van der Waals surface area (Å²) in [5.74, 6) is 0. The van der Waals surface area contributed by atoms with Crippen LogP contribution in [-0.4, -0.2) is 10.1 Å². The fourth-order valence-electron chi connectivity index (χ4n) is 1.39. The highest BCUT2D eigenvalue weighted by molar-refractivity contribution is 7.09. The first kappa shape index (κ1) is 13.1. The summed E-state index contributed by atoms with van der Waals surface area (Å²) in [4.78, 5) is 4.24. The van der Waals surface area contributed by atoms with Crippen molar-refractivity contribution in [1.29, 1.82) is 0 Å². The molecule has 90 valence electrons. The highest BCUT2D eigenvalue weighted by Crippen LogP contribution is 2.33. The third-order valence-electron chi connectivity index (χ3n) is 2.23. The van der Waals surface area contributed by atoms with Gasteiger partial charge in [-0.2, -0.15) is 0 Å². The molecular formula is C11H8Cl3NOS. The van der Waals surface area contributed by atoms with Crippen LogP contribution in [0.1, 0.15) is 16.3 Å². The molecule has 0 radical (unpaired) electrons. The standard InChI is InChI=1S/C11H8Cl3NOS/c12-8-1-2-9(13)11(14)7(8)3-10-15-6(4-16)5-17-10/h1-2,5,16H,3-4H2. The van der Waals surface area contributed by atoms with Crippen molar-refractivity contribution >= 4 is 46.1 Å². The van der Waals surface area contributed by atoms with E-state index in [2.05, 4.69) is 4.98 Å². The molecule has 2 rings (SSSR count). The summed E-state index contributed by atoms with van der Waals surface area (Å²) in [6, 6.07) is 3.38. The summed E-state index contributed by atoms with van der Waals surface area (Å²) < 4.78 is 0. The van der Waals surface area contributed by atoms with E-state index < -0.39 is 0 Å². The molecule has 1 aromatic carbocycles. The van der Waals surface area contributed by atoms with E-state index in [-0.39, 0.29) is 6.61 Å². The van der Waals surface area contributed by atoms with Crippen LogP contribution >= 0.6 is 46.1 Å². The van der Waals surface area contributed by atoms with Crippen molar-refractivity contribution in [2.45, 2.75) is 13.0 Å². The van der Waals surface area contributed by atoms with Gasteiger partial charge in [0.25, 0.3) is 0 Å². The van der Waals surface area contributed by atoms with Crippen LogP contribution in [0.2, 0.25) is 15.1 Å². The third kappa shape index (κ3) is 2.92. The van der Waals surface area contributed by atoms with Gasteiger partial charge in [-0.15, -0.1) is 11.3 Å². The first-order valence-electron chi connectivity index (χ1n) is 4.78. The number of halogens is 3. The number of nitrogens with zero attached hydrogens (tertiary/aromatic N) is 1. The van der Waals surface area contributed by atoms with E-state index in [1.807, 2.05) is 5.38 Å². The van der Waals surface area contributed by atoms with Gasteiger partial charge in [0.15, 0.2) is 0 Å². The van der Waals surface area contributed by atoms with E-state index in [0.717, 1.165) is 10.6 Å². The van der Waals surface area contributed by atoms with Crippen molar-refractivity contribution in [2.75, 3.05) is 0 Å². The van der Waals surface area contributed by atoms with E-state index in [4.69, 9.17) is 39.9 Å². The van der Waals surface area contributed by atoms with Crippen LogP contribution in [0.25, 0.3) is 0 Å². The molecule has 0 saturated heterocycles. The fourth-order valence-corrected chi connectivity index (χ4v) is 2.86. The van der Waals surface area contributed by atoms with Crippen LogP contribution in [0, 0.1) is 0 Å². The lowest BCUT2D eigenvalue weighted by Gasteiger charge is -2.06. The number of hydrogen-bond donors (Lipinski definition) is 1. The number of thiazole rings is 1. The zero-order valence-electron chi connectivity index (χ0n) is 8.58. The van der Waals surface area contributed by atoms with Gasteiger partial charge in [-0.3, -0.25) is 0 Å². The molecule has 0 saturated carbocycles. The maximum absolute atomic E-state index is 8.94. The minimum Gasteiger partial charge on any atom is -0.390 e. The average Bonchev–Trinajstić information content (AvgIpc) is 2.77. The third-order valence-corrected chi connectivity index (χ3v) is 4.32. The van der Waals surface area contributed by atoms with Crippen molar-refractivity contribution in [2.24, 2.45) is 0 Å². The van der Waals surface area contributed by atoms with E-state index in [9.17, 15) is 0 Å². The molecule has 1 N–H and O–H groups in total. The van der Waals surface area contributed by atoms with Crippen LogP contribution in [0.5, 0.6) is 0 Å². The molecule has 17 heavy (non-hydrogen) atoms. The SMILES string of the molecule is OCc1csc(Cc2c(Cl)ccc(Cl)c2Cl)n1. The lowest BCUT2D eigenvalue weighted by atomic mass is 10.1.